The third-order valence-corrected chi connectivity index (χ3v) is 3.05. The van der Waals surface area contributed by atoms with Gasteiger partial charge in [0.1, 0.15) is 0 Å². The number of allylic oxidation sites excluding steroid dienone is 4. The Hall–Kier alpha value is -0.850. The van der Waals surface area contributed by atoms with Crippen LogP contribution in [0.15, 0.2) is 23.8 Å². The quantitative estimate of drug-likeness (QED) is 0.483. The number of carbonyl (C=O) groups is 1. The molecule has 1 nitrogen and oxygen atoms in total. The van der Waals surface area contributed by atoms with Crippen LogP contribution in [0.2, 0.25) is 0 Å². The number of rotatable bonds is 2. The third kappa shape index (κ3) is 2.34. The van der Waals surface area contributed by atoms with Crippen molar-refractivity contribution in [3.63, 3.8) is 0 Å². The predicted octanol–water partition coefficient (Wildman–Crippen LogP) is 3.51. The van der Waals surface area contributed by atoms with Gasteiger partial charge in [-0.25, -0.2) is 0 Å². The van der Waals surface area contributed by atoms with E-state index in [1.165, 1.54) is 5.57 Å². The van der Waals surface area contributed by atoms with Gasteiger partial charge in [-0.2, -0.15) is 0 Å². The molecule has 0 aromatic heterocycles. The van der Waals surface area contributed by atoms with Gasteiger partial charge in [0.2, 0.25) is 0 Å². The van der Waals surface area contributed by atoms with Gasteiger partial charge in [-0.1, -0.05) is 31.6 Å². The van der Waals surface area contributed by atoms with Crippen molar-refractivity contribution in [2.24, 2.45) is 11.3 Å². The van der Waals surface area contributed by atoms with E-state index in [1.807, 2.05) is 13.0 Å². The van der Waals surface area contributed by atoms with Crippen LogP contribution in [0.25, 0.3) is 0 Å². The molecule has 0 fully saturated rings. The zero-order chi connectivity index (χ0) is 10.8. The van der Waals surface area contributed by atoms with Gasteiger partial charge in [-0.05, 0) is 38.2 Å². The standard InChI is InChI=1S/C13H20O/c1-5-6-12(14)11-8-7-10(2)9-13(11,3)4/h5-7,11H,8-9H2,1-4H3. The van der Waals surface area contributed by atoms with Crippen molar-refractivity contribution in [2.45, 2.75) is 40.5 Å². The molecule has 0 spiro atoms. The van der Waals surface area contributed by atoms with Crippen LogP contribution in [0.3, 0.4) is 0 Å². The number of hydrogen-bond donors (Lipinski definition) is 0. The molecule has 0 bridgehead atoms. The molecule has 0 aromatic rings. The Morgan fingerprint density at radius 1 is 1.57 bits per heavy atom. The van der Waals surface area contributed by atoms with Gasteiger partial charge in [-0.3, -0.25) is 4.79 Å². The summed E-state index contributed by atoms with van der Waals surface area (Å²) in [6, 6.07) is 0. The average molecular weight is 192 g/mol. The van der Waals surface area contributed by atoms with Crippen molar-refractivity contribution >= 4 is 5.78 Å². The second-order valence-electron chi connectivity index (χ2n) is 4.91. The Labute approximate surface area is 86.9 Å². The summed E-state index contributed by atoms with van der Waals surface area (Å²) in [6.45, 7) is 8.43. The van der Waals surface area contributed by atoms with E-state index >= 15 is 0 Å². The molecule has 14 heavy (non-hydrogen) atoms. The van der Waals surface area contributed by atoms with Gasteiger partial charge >= 0.3 is 0 Å². The summed E-state index contributed by atoms with van der Waals surface area (Å²) in [5, 5.41) is 0. The topological polar surface area (TPSA) is 17.1 Å². The summed E-state index contributed by atoms with van der Waals surface area (Å²) in [6.07, 6.45) is 7.70. The maximum atomic E-state index is 11.8. The molecule has 0 aromatic carbocycles. The molecule has 1 aliphatic rings. The highest BCUT2D eigenvalue weighted by Gasteiger charge is 2.35. The van der Waals surface area contributed by atoms with Crippen LogP contribution in [-0.2, 0) is 4.79 Å². The first-order valence-electron chi connectivity index (χ1n) is 5.29. The average Bonchev–Trinajstić information content (AvgIpc) is 2.01. The van der Waals surface area contributed by atoms with E-state index in [2.05, 4.69) is 26.8 Å². The Balaban J connectivity index is 2.85. The summed E-state index contributed by atoms with van der Waals surface area (Å²) in [4.78, 5) is 11.8. The highest BCUT2D eigenvalue weighted by Crippen LogP contribution is 2.40. The van der Waals surface area contributed by atoms with Gasteiger partial charge in [0.15, 0.2) is 5.78 Å². The van der Waals surface area contributed by atoms with Crippen LogP contribution >= 0.6 is 0 Å². The normalized spacial score (nSPS) is 26.3. The van der Waals surface area contributed by atoms with E-state index in [0.29, 0.717) is 0 Å². The minimum absolute atomic E-state index is 0.120. The summed E-state index contributed by atoms with van der Waals surface area (Å²) in [7, 11) is 0. The van der Waals surface area contributed by atoms with E-state index in [4.69, 9.17) is 0 Å². The van der Waals surface area contributed by atoms with E-state index in [1.54, 1.807) is 6.08 Å². The lowest BCUT2D eigenvalue weighted by atomic mass is 9.67. The summed E-state index contributed by atoms with van der Waals surface area (Å²) in [5.41, 5.74) is 1.54. The largest absolute Gasteiger partial charge is 0.295 e. The first kappa shape index (κ1) is 11.2. The molecule has 78 valence electrons. The summed E-state index contributed by atoms with van der Waals surface area (Å²) in [5.74, 6) is 0.448. The lowest BCUT2D eigenvalue weighted by Gasteiger charge is -2.36. The molecule has 1 unspecified atom stereocenters. The Kier molecular flexibility index (Phi) is 3.30. The van der Waals surface area contributed by atoms with Gasteiger partial charge < -0.3 is 0 Å². The minimum atomic E-state index is 0.120. The van der Waals surface area contributed by atoms with Gasteiger partial charge in [0.25, 0.3) is 0 Å². The number of hydrogen-bond acceptors (Lipinski definition) is 1. The van der Waals surface area contributed by atoms with Crippen molar-refractivity contribution in [2.75, 3.05) is 0 Å². The fraction of sp³-hybridized carbons (Fsp3) is 0.615. The van der Waals surface area contributed by atoms with Crippen LogP contribution in [-0.4, -0.2) is 5.78 Å². The number of carbonyl (C=O) groups excluding carboxylic acids is 1. The second-order valence-corrected chi connectivity index (χ2v) is 4.91. The second kappa shape index (κ2) is 4.12. The molecule has 0 saturated carbocycles. The van der Waals surface area contributed by atoms with Gasteiger partial charge in [0, 0.05) is 5.92 Å². The third-order valence-electron chi connectivity index (χ3n) is 3.05. The molecule has 1 atom stereocenters. The Morgan fingerprint density at radius 3 is 2.71 bits per heavy atom. The molecular formula is C13H20O. The molecule has 0 saturated heterocycles. The maximum absolute atomic E-state index is 11.8. The van der Waals surface area contributed by atoms with E-state index in [0.717, 1.165) is 12.8 Å². The van der Waals surface area contributed by atoms with Crippen LogP contribution < -0.4 is 0 Å². The van der Waals surface area contributed by atoms with Crippen molar-refractivity contribution in [3.8, 4) is 0 Å². The highest BCUT2D eigenvalue weighted by molar-refractivity contribution is 5.92. The first-order valence-corrected chi connectivity index (χ1v) is 5.29. The van der Waals surface area contributed by atoms with Crippen molar-refractivity contribution in [1.82, 2.24) is 0 Å². The van der Waals surface area contributed by atoms with Crippen LogP contribution in [0.1, 0.15) is 40.5 Å². The lowest BCUT2D eigenvalue weighted by molar-refractivity contribution is -0.121. The highest BCUT2D eigenvalue weighted by atomic mass is 16.1. The van der Waals surface area contributed by atoms with Gasteiger partial charge in [-0.15, -0.1) is 0 Å². The fourth-order valence-electron chi connectivity index (χ4n) is 2.33. The van der Waals surface area contributed by atoms with E-state index in [9.17, 15) is 4.79 Å². The first-order chi connectivity index (χ1) is 6.47. The molecule has 0 N–H and O–H groups in total. The lowest BCUT2D eigenvalue weighted by Crippen LogP contribution is -2.32. The molecule has 0 aliphatic heterocycles. The van der Waals surface area contributed by atoms with Crippen LogP contribution in [0.5, 0.6) is 0 Å². The van der Waals surface area contributed by atoms with E-state index in [-0.39, 0.29) is 17.1 Å². The minimum Gasteiger partial charge on any atom is -0.295 e. The predicted molar refractivity (Wildman–Crippen MR) is 60.1 cm³/mol. The molecule has 0 heterocycles. The molecular weight excluding hydrogens is 172 g/mol. The van der Waals surface area contributed by atoms with Crippen LogP contribution in [0, 0.1) is 11.3 Å². The van der Waals surface area contributed by atoms with Crippen molar-refractivity contribution < 1.29 is 4.79 Å². The van der Waals surface area contributed by atoms with Crippen LogP contribution in [0.4, 0.5) is 0 Å². The molecule has 1 heteroatoms. The zero-order valence-electron chi connectivity index (χ0n) is 9.63. The molecule has 0 amide bonds. The smallest absolute Gasteiger partial charge is 0.159 e. The maximum Gasteiger partial charge on any atom is 0.159 e. The van der Waals surface area contributed by atoms with Gasteiger partial charge in [0.05, 0.1) is 0 Å². The Bertz CT molecular complexity index is 282. The monoisotopic (exact) mass is 192 g/mol. The molecule has 0 radical (unpaired) electrons. The molecule has 1 aliphatic carbocycles. The summed E-state index contributed by atoms with van der Waals surface area (Å²) < 4.78 is 0. The van der Waals surface area contributed by atoms with E-state index < -0.39 is 0 Å². The Morgan fingerprint density at radius 2 is 2.21 bits per heavy atom. The summed E-state index contributed by atoms with van der Waals surface area (Å²) >= 11 is 0. The van der Waals surface area contributed by atoms with Crippen molar-refractivity contribution in [1.29, 1.82) is 0 Å². The van der Waals surface area contributed by atoms with Crippen molar-refractivity contribution in [3.05, 3.63) is 23.8 Å². The SMILES string of the molecule is CC=CC(=O)C1CC=C(C)CC1(C)C. The zero-order valence-corrected chi connectivity index (χ0v) is 9.63. The fourth-order valence-corrected chi connectivity index (χ4v) is 2.33. The number of ketones is 1. The molecule has 1 rings (SSSR count).